The van der Waals surface area contributed by atoms with E-state index in [1.165, 1.54) is 12.8 Å². The molecule has 0 heterocycles. The van der Waals surface area contributed by atoms with Gasteiger partial charge in [0.1, 0.15) is 0 Å². The molecule has 0 aromatic rings. The largest absolute Gasteiger partial charge is 0.396 e. The SMILES string of the molecule is C[C@@H]1CC[C@@](C)(CO)C1(C)C. The standard InChI is InChI=1S/C10H20O/c1-8-5-6-10(4,7-11)9(8,2)3/h8,11H,5-7H2,1-4H3/t8-,10+/m1/s1. The van der Waals surface area contributed by atoms with E-state index in [-0.39, 0.29) is 5.41 Å². The van der Waals surface area contributed by atoms with Crippen LogP contribution in [0.2, 0.25) is 0 Å². The summed E-state index contributed by atoms with van der Waals surface area (Å²) in [6, 6.07) is 0. The molecular formula is C10H20O. The molecule has 0 amide bonds. The Labute approximate surface area is 69.8 Å². The molecule has 1 saturated carbocycles. The maximum atomic E-state index is 9.28. The molecule has 1 aliphatic carbocycles. The van der Waals surface area contributed by atoms with Gasteiger partial charge in [-0.15, -0.1) is 0 Å². The van der Waals surface area contributed by atoms with Crippen molar-refractivity contribution >= 4 is 0 Å². The number of aliphatic hydroxyl groups excluding tert-OH is 1. The van der Waals surface area contributed by atoms with Crippen molar-refractivity contribution in [3.63, 3.8) is 0 Å². The van der Waals surface area contributed by atoms with Gasteiger partial charge in [-0.2, -0.15) is 0 Å². The fraction of sp³-hybridized carbons (Fsp3) is 1.00. The van der Waals surface area contributed by atoms with E-state index in [0.29, 0.717) is 12.0 Å². The van der Waals surface area contributed by atoms with Crippen LogP contribution in [0.3, 0.4) is 0 Å². The zero-order valence-corrected chi connectivity index (χ0v) is 8.15. The molecule has 0 bridgehead atoms. The minimum absolute atomic E-state index is 0.159. The van der Waals surface area contributed by atoms with E-state index in [0.717, 1.165) is 5.92 Å². The normalized spacial score (nSPS) is 42.8. The van der Waals surface area contributed by atoms with E-state index in [4.69, 9.17) is 0 Å². The first-order valence-corrected chi connectivity index (χ1v) is 4.55. The van der Waals surface area contributed by atoms with Crippen LogP contribution in [0.1, 0.15) is 40.5 Å². The topological polar surface area (TPSA) is 20.2 Å². The van der Waals surface area contributed by atoms with Gasteiger partial charge in [0.15, 0.2) is 0 Å². The second kappa shape index (κ2) is 2.48. The highest BCUT2D eigenvalue weighted by Gasteiger charge is 2.48. The molecule has 2 atom stereocenters. The molecule has 0 aromatic heterocycles. The van der Waals surface area contributed by atoms with Crippen LogP contribution in [0, 0.1) is 16.7 Å². The maximum absolute atomic E-state index is 9.28. The van der Waals surface area contributed by atoms with Crippen LogP contribution in [-0.2, 0) is 0 Å². The van der Waals surface area contributed by atoms with E-state index in [2.05, 4.69) is 27.7 Å². The average molecular weight is 156 g/mol. The summed E-state index contributed by atoms with van der Waals surface area (Å²) in [6.07, 6.45) is 2.45. The van der Waals surface area contributed by atoms with Gasteiger partial charge in [-0.05, 0) is 29.6 Å². The summed E-state index contributed by atoms with van der Waals surface area (Å²) >= 11 is 0. The first kappa shape index (κ1) is 9.05. The fourth-order valence-electron chi connectivity index (χ4n) is 2.10. The summed E-state index contributed by atoms with van der Waals surface area (Å²) in [7, 11) is 0. The molecule has 66 valence electrons. The Morgan fingerprint density at radius 3 is 2.09 bits per heavy atom. The first-order valence-electron chi connectivity index (χ1n) is 4.55. The van der Waals surface area contributed by atoms with Gasteiger partial charge >= 0.3 is 0 Å². The lowest BCUT2D eigenvalue weighted by Crippen LogP contribution is -2.36. The third-order valence-electron chi connectivity index (χ3n) is 4.27. The molecule has 1 rings (SSSR count). The second-order valence-electron chi connectivity index (χ2n) is 4.88. The lowest BCUT2D eigenvalue weighted by molar-refractivity contribution is 0.0298. The first-order chi connectivity index (χ1) is 4.94. The van der Waals surface area contributed by atoms with Gasteiger partial charge in [0.2, 0.25) is 0 Å². The van der Waals surface area contributed by atoms with Gasteiger partial charge in [0.25, 0.3) is 0 Å². The monoisotopic (exact) mass is 156 g/mol. The van der Waals surface area contributed by atoms with E-state index >= 15 is 0 Å². The molecule has 11 heavy (non-hydrogen) atoms. The predicted molar refractivity (Wildman–Crippen MR) is 47.4 cm³/mol. The Morgan fingerprint density at radius 2 is 1.91 bits per heavy atom. The van der Waals surface area contributed by atoms with E-state index in [1.807, 2.05) is 0 Å². The van der Waals surface area contributed by atoms with Crippen LogP contribution in [0.15, 0.2) is 0 Å². The van der Waals surface area contributed by atoms with Crippen LogP contribution < -0.4 is 0 Å². The summed E-state index contributed by atoms with van der Waals surface area (Å²) in [5, 5.41) is 9.28. The molecule has 1 aliphatic rings. The molecular weight excluding hydrogens is 136 g/mol. The molecule has 0 saturated heterocycles. The van der Waals surface area contributed by atoms with Crippen molar-refractivity contribution in [3.05, 3.63) is 0 Å². The Hall–Kier alpha value is -0.0400. The van der Waals surface area contributed by atoms with Gasteiger partial charge in [-0.25, -0.2) is 0 Å². The maximum Gasteiger partial charge on any atom is 0.0489 e. The number of hydrogen-bond donors (Lipinski definition) is 1. The van der Waals surface area contributed by atoms with E-state index in [9.17, 15) is 5.11 Å². The summed E-state index contributed by atoms with van der Waals surface area (Å²) in [4.78, 5) is 0. The highest BCUT2D eigenvalue weighted by Crippen LogP contribution is 2.55. The summed E-state index contributed by atoms with van der Waals surface area (Å²) in [5.41, 5.74) is 0.466. The van der Waals surface area contributed by atoms with Crippen molar-refractivity contribution in [2.75, 3.05) is 6.61 Å². The van der Waals surface area contributed by atoms with Crippen LogP contribution in [-0.4, -0.2) is 11.7 Å². The molecule has 0 radical (unpaired) electrons. The van der Waals surface area contributed by atoms with Gasteiger partial charge < -0.3 is 5.11 Å². The summed E-state index contributed by atoms with van der Waals surface area (Å²) in [5.74, 6) is 0.750. The Kier molecular flexibility index (Phi) is 2.04. The quantitative estimate of drug-likeness (QED) is 0.618. The van der Waals surface area contributed by atoms with Gasteiger partial charge in [0, 0.05) is 6.61 Å². The predicted octanol–water partition coefficient (Wildman–Crippen LogP) is 2.44. The lowest BCUT2D eigenvalue weighted by atomic mass is 9.67. The third kappa shape index (κ3) is 1.10. The molecule has 1 nitrogen and oxygen atoms in total. The molecule has 1 heteroatoms. The highest BCUT2D eigenvalue weighted by atomic mass is 16.3. The van der Waals surface area contributed by atoms with Gasteiger partial charge in [0.05, 0.1) is 0 Å². The number of rotatable bonds is 1. The Balaban J connectivity index is 2.86. The number of aliphatic hydroxyl groups is 1. The minimum atomic E-state index is 0.159. The molecule has 0 aliphatic heterocycles. The molecule has 1 N–H and O–H groups in total. The molecule has 1 fully saturated rings. The van der Waals surface area contributed by atoms with Gasteiger partial charge in [-0.1, -0.05) is 27.7 Å². The Morgan fingerprint density at radius 1 is 1.36 bits per heavy atom. The summed E-state index contributed by atoms with van der Waals surface area (Å²) in [6.45, 7) is 9.39. The second-order valence-corrected chi connectivity index (χ2v) is 4.88. The van der Waals surface area contributed by atoms with Crippen molar-refractivity contribution in [2.24, 2.45) is 16.7 Å². The van der Waals surface area contributed by atoms with Crippen molar-refractivity contribution in [3.8, 4) is 0 Å². The highest BCUT2D eigenvalue weighted by molar-refractivity contribution is 4.98. The zero-order valence-electron chi connectivity index (χ0n) is 8.15. The van der Waals surface area contributed by atoms with Crippen LogP contribution in [0.5, 0.6) is 0 Å². The smallest absolute Gasteiger partial charge is 0.0489 e. The molecule has 0 unspecified atom stereocenters. The van der Waals surface area contributed by atoms with Crippen molar-refractivity contribution < 1.29 is 5.11 Å². The van der Waals surface area contributed by atoms with Crippen LogP contribution in [0.25, 0.3) is 0 Å². The summed E-state index contributed by atoms with van der Waals surface area (Å²) < 4.78 is 0. The lowest BCUT2D eigenvalue weighted by Gasteiger charge is -2.39. The average Bonchev–Trinajstić information content (AvgIpc) is 2.15. The van der Waals surface area contributed by atoms with Crippen LogP contribution >= 0.6 is 0 Å². The van der Waals surface area contributed by atoms with Crippen molar-refractivity contribution in [1.82, 2.24) is 0 Å². The van der Waals surface area contributed by atoms with Gasteiger partial charge in [-0.3, -0.25) is 0 Å². The Bertz CT molecular complexity index is 148. The van der Waals surface area contributed by atoms with Crippen molar-refractivity contribution in [1.29, 1.82) is 0 Å². The van der Waals surface area contributed by atoms with Crippen LogP contribution in [0.4, 0.5) is 0 Å². The number of hydrogen-bond acceptors (Lipinski definition) is 1. The molecule has 0 spiro atoms. The molecule has 0 aromatic carbocycles. The third-order valence-corrected chi connectivity index (χ3v) is 4.27. The van der Waals surface area contributed by atoms with E-state index in [1.54, 1.807) is 0 Å². The zero-order chi connectivity index (χ0) is 8.70. The van der Waals surface area contributed by atoms with E-state index < -0.39 is 0 Å². The minimum Gasteiger partial charge on any atom is -0.396 e. The fourth-order valence-corrected chi connectivity index (χ4v) is 2.10. The van der Waals surface area contributed by atoms with Crippen molar-refractivity contribution in [2.45, 2.75) is 40.5 Å².